The minimum atomic E-state index is 0.724. The van der Waals surface area contributed by atoms with Crippen molar-refractivity contribution < 1.29 is 0 Å². The molecule has 0 amide bonds. The molecule has 3 aliphatic carbocycles. The van der Waals surface area contributed by atoms with Crippen molar-refractivity contribution in [3.05, 3.63) is 24.0 Å². The van der Waals surface area contributed by atoms with E-state index in [9.17, 15) is 0 Å². The Balaban J connectivity index is 1.10. The van der Waals surface area contributed by atoms with Crippen molar-refractivity contribution in [3.8, 4) is 0 Å². The maximum absolute atomic E-state index is 4.35. The number of piperidine rings is 1. The second-order valence-electron chi connectivity index (χ2n) is 8.42. The molecule has 1 aromatic rings. The van der Waals surface area contributed by atoms with Crippen LogP contribution in [0.2, 0.25) is 0 Å². The highest BCUT2D eigenvalue weighted by Crippen LogP contribution is 2.44. The van der Waals surface area contributed by atoms with Gasteiger partial charge in [-0.1, -0.05) is 17.4 Å². The molecule has 4 aliphatic rings. The zero-order valence-electron chi connectivity index (χ0n) is 14.0. The largest absolute Gasteiger partial charge is 0.303 e. The summed E-state index contributed by atoms with van der Waals surface area (Å²) < 4.78 is 2.11. The van der Waals surface area contributed by atoms with Crippen LogP contribution in [0.3, 0.4) is 0 Å². The molecule has 124 valence electrons. The van der Waals surface area contributed by atoms with Gasteiger partial charge in [0.2, 0.25) is 0 Å². The van der Waals surface area contributed by atoms with Crippen LogP contribution in [0.15, 0.2) is 18.3 Å². The number of hydrogen-bond donors (Lipinski definition) is 0. The van der Waals surface area contributed by atoms with Gasteiger partial charge in [-0.2, -0.15) is 0 Å². The van der Waals surface area contributed by atoms with E-state index in [2.05, 4.69) is 38.2 Å². The van der Waals surface area contributed by atoms with Crippen LogP contribution in [0.5, 0.6) is 0 Å². The van der Waals surface area contributed by atoms with Crippen molar-refractivity contribution in [1.29, 1.82) is 0 Å². The lowest BCUT2D eigenvalue weighted by Crippen LogP contribution is -2.38. The molecular formula is C19H28N4. The van der Waals surface area contributed by atoms with E-state index in [4.69, 9.17) is 0 Å². The average Bonchev–Trinajstić information content (AvgIpc) is 2.98. The topological polar surface area (TPSA) is 34.0 Å². The Morgan fingerprint density at radius 1 is 1.00 bits per heavy atom. The second-order valence-corrected chi connectivity index (χ2v) is 8.42. The fraction of sp³-hybridized carbons (Fsp3) is 0.789. The SMILES string of the molecule is C1=C[C@@H]2C[C@H]1CC2CN1CCC(Cn2cc(C3CC3)nn2)CC1. The van der Waals surface area contributed by atoms with Crippen LogP contribution in [0, 0.1) is 23.7 Å². The number of allylic oxidation sites excluding steroid dienone is 2. The number of aromatic nitrogens is 3. The number of likely N-dealkylation sites (tertiary alicyclic amines) is 1. The monoisotopic (exact) mass is 312 g/mol. The molecule has 1 aromatic heterocycles. The molecule has 0 spiro atoms. The van der Waals surface area contributed by atoms with E-state index in [1.807, 2.05) is 0 Å². The van der Waals surface area contributed by atoms with Crippen molar-refractivity contribution in [2.24, 2.45) is 23.7 Å². The zero-order chi connectivity index (χ0) is 15.2. The smallest absolute Gasteiger partial charge is 0.0857 e. The Hall–Kier alpha value is -1.16. The van der Waals surface area contributed by atoms with Crippen molar-refractivity contribution in [1.82, 2.24) is 19.9 Å². The summed E-state index contributed by atoms with van der Waals surface area (Å²) in [6.07, 6.45) is 15.3. The maximum atomic E-state index is 4.35. The third-order valence-corrected chi connectivity index (χ3v) is 6.61. The lowest BCUT2D eigenvalue weighted by molar-refractivity contribution is 0.142. The van der Waals surface area contributed by atoms with Gasteiger partial charge in [0, 0.05) is 25.2 Å². The molecule has 23 heavy (non-hydrogen) atoms. The van der Waals surface area contributed by atoms with E-state index in [0.717, 1.165) is 36.1 Å². The van der Waals surface area contributed by atoms with Crippen molar-refractivity contribution in [2.75, 3.05) is 19.6 Å². The summed E-state index contributed by atoms with van der Waals surface area (Å²) in [7, 11) is 0. The Morgan fingerprint density at radius 3 is 2.57 bits per heavy atom. The molecule has 4 nitrogen and oxygen atoms in total. The van der Waals surface area contributed by atoms with E-state index < -0.39 is 0 Å². The normalized spacial score (nSPS) is 34.5. The van der Waals surface area contributed by atoms with Crippen LogP contribution in [-0.2, 0) is 6.54 Å². The van der Waals surface area contributed by atoms with Crippen LogP contribution in [0.4, 0.5) is 0 Å². The quantitative estimate of drug-likeness (QED) is 0.784. The number of fused-ring (bicyclic) bond motifs is 2. The highest BCUT2D eigenvalue weighted by molar-refractivity contribution is 5.10. The molecule has 5 rings (SSSR count). The summed E-state index contributed by atoms with van der Waals surface area (Å²) >= 11 is 0. The third kappa shape index (κ3) is 2.98. The second kappa shape index (κ2) is 5.73. The Kier molecular flexibility index (Phi) is 3.54. The lowest BCUT2D eigenvalue weighted by atomic mass is 9.91. The van der Waals surface area contributed by atoms with Crippen LogP contribution < -0.4 is 0 Å². The predicted molar refractivity (Wildman–Crippen MR) is 90.0 cm³/mol. The summed E-state index contributed by atoms with van der Waals surface area (Å²) in [5.74, 6) is 4.27. The van der Waals surface area contributed by atoms with E-state index in [-0.39, 0.29) is 0 Å². The first-order valence-corrected chi connectivity index (χ1v) is 9.64. The molecule has 2 bridgehead atoms. The van der Waals surface area contributed by atoms with Crippen molar-refractivity contribution >= 4 is 0 Å². The highest BCUT2D eigenvalue weighted by atomic mass is 15.4. The molecule has 3 fully saturated rings. The van der Waals surface area contributed by atoms with Crippen molar-refractivity contribution in [2.45, 2.75) is 51.0 Å². The molecule has 4 heteroatoms. The summed E-state index contributed by atoms with van der Waals surface area (Å²) in [4.78, 5) is 2.73. The maximum Gasteiger partial charge on any atom is 0.0857 e. The zero-order valence-corrected chi connectivity index (χ0v) is 14.0. The Bertz CT molecular complexity index is 580. The van der Waals surface area contributed by atoms with Gasteiger partial charge in [-0.25, -0.2) is 0 Å². The molecule has 2 heterocycles. The van der Waals surface area contributed by atoms with Gasteiger partial charge in [0.15, 0.2) is 0 Å². The minimum absolute atomic E-state index is 0.724. The van der Waals surface area contributed by atoms with Gasteiger partial charge >= 0.3 is 0 Å². The first-order valence-electron chi connectivity index (χ1n) is 9.64. The van der Waals surface area contributed by atoms with E-state index >= 15 is 0 Å². The first kappa shape index (κ1) is 14.2. The van der Waals surface area contributed by atoms with Gasteiger partial charge in [-0.3, -0.25) is 4.68 Å². The molecule has 0 N–H and O–H groups in total. The molecule has 1 aliphatic heterocycles. The van der Waals surface area contributed by atoms with E-state index in [1.165, 1.54) is 63.9 Å². The predicted octanol–water partition coefficient (Wildman–Crippen LogP) is 3.08. The van der Waals surface area contributed by atoms with Gasteiger partial charge in [0.1, 0.15) is 0 Å². The van der Waals surface area contributed by atoms with Gasteiger partial charge in [-0.15, -0.1) is 5.10 Å². The Labute approximate surface area is 138 Å². The summed E-state index contributed by atoms with van der Waals surface area (Å²) in [5, 5.41) is 8.69. The fourth-order valence-electron chi connectivity index (χ4n) is 5.02. The molecule has 0 aromatic carbocycles. The standard InChI is InChI=1S/C19H28N4/c1-2-17-9-15(1)10-18(17)12-22-7-5-14(6-8-22)11-23-13-19(20-21-23)16-3-4-16/h1-2,13-18H,3-12H2/t15-,17+,18?/m0/s1. The third-order valence-electron chi connectivity index (χ3n) is 6.61. The average molecular weight is 312 g/mol. The highest BCUT2D eigenvalue weighted by Gasteiger charge is 2.36. The Morgan fingerprint density at radius 2 is 1.87 bits per heavy atom. The fourth-order valence-corrected chi connectivity index (χ4v) is 5.02. The molecule has 0 radical (unpaired) electrons. The van der Waals surface area contributed by atoms with Gasteiger partial charge in [-0.05, 0) is 75.3 Å². The van der Waals surface area contributed by atoms with E-state index in [1.54, 1.807) is 0 Å². The number of hydrogen-bond acceptors (Lipinski definition) is 3. The summed E-state index contributed by atoms with van der Waals surface area (Å²) in [5.41, 5.74) is 1.23. The molecule has 3 atom stereocenters. The van der Waals surface area contributed by atoms with Crippen LogP contribution in [0.1, 0.15) is 50.1 Å². The number of nitrogens with zero attached hydrogens (tertiary/aromatic N) is 4. The first-order chi connectivity index (χ1) is 11.3. The molecular weight excluding hydrogens is 284 g/mol. The van der Waals surface area contributed by atoms with E-state index in [0.29, 0.717) is 0 Å². The van der Waals surface area contributed by atoms with Gasteiger partial charge in [0.25, 0.3) is 0 Å². The van der Waals surface area contributed by atoms with Gasteiger partial charge < -0.3 is 4.90 Å². The molecule has 1 saturated heterocycles. The minimum Gasteiger partial charge on any atom is -0.303 e. The molecule has 1 unspecified atom stereocenters. The van der Waals surface area contributed by atoms with Gasteiger partial charge in [0.05, 0.1) is 5.69 Å². The lowest BCUT2D eigenvalue weighted by Gasteiger charge is -2.34. The molecule has 2 saturated carbocycles. The number of rotatable bonds is 5. The van der Waals surface area contributed by atoms with Crippen LogP contribution in [-0.4, -0.2) is 39.5 Å². The van der Waals surface area contributed by atoms with Crippen LogP contribution in [0.25, 0.3) is 0 Å². The van der Waals surface area contributed by atoms with Crippen molar-refractivity contribution in [3.63, 3.8) is 0 Å². The van der Waals surface area contributed by atoms with Crippen LogP contribution >= 0.6 is 0 Å². The summed E-state index contributed by atoms with van der Waals surface area (Å²) in [6.45, 7) is 4.98. The summed E-state index contributed by atoms with van der Waals surface area (Å²) in [6, 6.07) is 0.